The number of allylic oxidation sites excluding steroid dienone is 2. The molecule has 0 spiro atoms. The Labute approximate surface area is 196 Å². The van der Waals surface area contributed by atoms with Crippen molar-refractivity contribution in [1.29, 1.82) is 0 Å². The van der Waals surface area contributed by atoms with E-state index in [0.717, 1.165) is 62.7 Å². The normalized spacial score (nSPS) is 43.5. The standard InChI is InChI=1S/C27H44O3.CH4O/c1-5-7-21(30-4)9-6-8-19-10-11-23-22-13-17-27(29)18-20(28)12-16-26(27,3)24(22)14-15-25(19,23)2;1-2/h7,19,22-24,29H,5-6,8-18H2,1-4H3;2H,1H3/b21-7+;/t19?,22?,23?,24?,25?,26?,27-;/m1./s1. The lowest BCUT2D eigenvalue weighted by Gasteiger charge is -2.63. The number of Topliss-reactive ketones (excluding diaryl/α,β-unsaturated/α-hetero) is 1. The number of hydrogen-bond acceptors (Lipinski definition) is 4. The molecule has 0 bridgehead atoms. The molecule has 4 aliphatic carbocycles. The van der Waals surface area contributed by atoms with Gasteiger partial charge in [0.1, 0.15) is 5.78 Å². The summed E-state index contributed by atoms with van der Waals surface area (Å²) in [6.45, 7) is 7.10. The third-order valence-corrected chi connectivity index (χ3v) is 10.5. The molecule has 0 aliphatic heterocycles. The van der Waals surface area contributed by atoms with E-state index in [2.05, 4.69) is 26.8 Å². The molecule has 4 saturated carbocycles. The summed E-state index contributed by atoms with van der Waals surface area (Å²) < 4.78 is 5.55. The molecule has 4 fully saturated rings. The van der Waals surface area contributed by atoms with Crippen molar-refractivity contribution < 1.29 is 19.7 Å². The zero-order chi connectivity index (χ0) is 23.6. The fraction of sp³-hybridized carbons (Fsp3) is 0.893. The van der Waals surface area contributed by atoms with E-state index < -0.39 is 5.60 Å². The van der Waals surface area contributed by atoms with Gasteiger partial charge in [0.25, 0.3) is 0 Å². The first kappa shape index (κ1) is 25.7. The molecule has 0 aromatic carbocycles. The molecule has 4 nitrogen and oxygen atoms in total. The summed E-state index contributed by atoms with van der Waals surface area (Å²) in [5.41, 5.74) is -0.321. The van der Waals surface area contributed by atoms with E-state index in [1.165, 1.54) is 38.5 Å². The van der Waals surface area contributed by atoms with Crippen molar-refractivity contribution in [3.8, 4) is 0 Å². The smallest absolute Gasteiger partial charge is 0.135 e. The SMILES string of the molecule is CC/C=C(\CCCC1CCC2C3CC[C@@]4(O)CC(=O)CCC4(C)C3CCC12C)OC.CO. The Morgan fingerprint density at radius 2 is 1.84 bits per heavy atom. The minimum absolute atomic E-state index is 0.0540. The number of carbonyl (C=O) groups excluding carboxylic acids is 1. The largest absolute Gasteiger partial charge is 0.501 e. The van der Waals surface area contributed by atoms with Crippen LogP contribution in [-0.4, -0.2) is 35.8 Å². The van der Waals surface area contributed by atoms with Gasteiger partial charge in [-0.2, -0.15) is 0 Å². The maximum absolute atomic E-state index is 12.1. The molecule has 0 saturated heterocycles. The van der Waals surface area contributed by atoms with Crippen molar-refractivity contribution in [1.82, 2.24) is 0 Å². The van der Waals surface area contributed by atoms with Gasteiger partial charge in [-0.1, -0.05) is 20.8 Å². The van der Waals surface area contributed by atoms with Crippen LogP contribution in [-0.2, 0) is 9.53 Å². The van der Waals surface area contributed by atoms with Crippen LogP contribution < -0.4 is 0 Å². The summed E-state index contributed by atoms with van der Waals surface area (Å²) in [5.74, 6) is 4.45. The van der Waals surface area contributed by atoms with Crippen LogP contribution in [0.5, 0.6) is 0 Å². The molecule has 0 heterocycles. The lowest BCUT2D eigenvalue weighted by molar-refractivity contribution is -0.203. The minimum Gasteiger partial charge on any atom is -0.501 e. The van der Waals surface area contributed by atoms with Gasteiger partial charge in [-0.15, -0.1) is 0 Å². The highest BCUT2D eigenvalue weighted by Crippen LogP contribution is 2.68. The molecule has 32 heavy (non-hydrogen) atoms. The molecule has 184 valence electrons. The summed E-state index contributed by atoms with van der Waals surface area (Å²) >= 11 is 0. The Kier molecular flexibility index (Phi) is 8.19. The van der Waals surface area contributed by atoms with Crippen LogP contribution >= 0.6 is 0 Å². The molecule has 6 unspecified atom stereocenters. The van der Waals surface area contributed by atoms with Gasteiger partial charge < -0.3 is 14.9 Å². The highest BCUT2D eigenvalue weighted by molar-refractivity contribution is 5.80. The second-order valence-electron chi connectivity index (χ2n) is 11.6. The molecule has 0 radical (unpaired) electrons. The Bertz CT molecular complexity index is 687. The Hall–Kier alpha value is -0.870. The number of aliphatic hydroxyl groups excluding tert-OH is 1. The molecule has 7 atom stereocenters. The number of aliphatic hydroxyl groups is 2. The molecular formula is C28H48O4. The van der Waals surface area contributed by atoms with Crippen molar-refractivity contribution in [2.45, 2.75) is 110 Å². The molecule has 4 rings (SSSR count). The fourth-order valence-electron chi connectivity index (χ4n) is 8.66. The van der Waals surface area contributed by atoms with Crippen LogP contribution in [0, 0.1) is 34.5 Å². The van der Waals surface area contributed by atoms with Gasteiger partial charge in [0.05, 0.1) is 18.5 Å². The summed E-state index contributed by atoms with van der Waals surface area (Å²) in [7, 11) is 2.80. The maximum atomic E-state index is 12.1. The van der Waals surface area contributed by atoms with E-state index in [9.17, 15) is 9.90 Å². The summed E-state index contributed by atoms with van der Waals surface area (Å²) in [4.78, 5) is 12.1. The van der Waals surface area contributed by atoms with Crippen LogP contribution in [0.2, 0.25) is 0 Å². The summed E-state index contributed by atoms with van der Waals surface area (Å²) in [5, 5.41) is 18.5. The van der Waals surface area contributed by atoms with Gasteiger partial charge in [-0.3, -0.25) is 4.79 Å². The van der Waals surface area contributed by atoms with E-state index in [1.807, 2.05) is 0 Å². The van der Waals surface area contributed by atoms with Crippen molar-refractivity contribution in [2.24, 2.45) is 34.5 Å². The van der Waals surface area contributed by atoms with Gasteiger partial charge >= 0.3 is 0 Å². The number of ketones is 1. The van der Waals surface area contributed by atoms with E-state index >= 15 is 0 Å². The second-order valence-corrected chi connectivity index (χ2v) is 11.6. The van der Waals surface area contributed by atoms with E-state index in [0.29, 0.717) is 24.2 Å². The number of rotatable bonds is 6. The van der Waals surface area contributed by atoms with Crippen molar-refractivity contribution in [2.75, 3.05) is 14.2 Å². The molecule has 0 aromatic heterocycles. The highest BCUT2D eigenvalue weighted by Gasteiger charge is 2.64. The first-order valence-electron chi connectivity index (χ1n) is 13.2. The average molecular weight is 449 g/mol. The zero-order valence-corrected chi connectivity index (χ0v) is 21.3. The average Bonchev–Trinajstić information content (AvgIpc) is 3.12. The van der Waals surface area contributed by atoms with Crippen LogP contribution in [0.3, 0.4) is 0 Å². The lowest BCUT2D eigenvalue weighted by atomic mass is 9.43. The monoisotopic (exact) mass is 448 g/mol. The molecular weight excluding hydrogens is 400 g/mol. The molecule has 0 amide bonds. The zero-order valence-electron chi connectivity index (χ0n) is 21.3. The van der Waals surface area contributed by atoms with Crippen molar-refractivity contribution in [3.05, 3.63) is 11.8 Å². The van der Waals surface area contributed by atoms with E-state index in [-0.39, 0.29) is 11.2 Å². The first-order chi connectivity index (χ1) is 15.3. The van der Waals surface area contributed by atoms with E-state index in [4.69, 9.17) is 9.84 Å². The van der Waals surface area contributed by atoms with Gasteiger partial charge in [-0.05, 0) is 99.4 Å². The predicted molar refractivity (Wildman–Crippen MR) is 129 cm³/mol. The topological polar surface area (TPSA) is 66.8 Å². The molecule has 4 aliphatic rings. The number of methoxy groups -OCH3 is 1. The van der Waals surface area contributed by atoms with Gasteiger partial charge in [0.15, 0.2) is 0 Å². The summed E-state index contributed by atoms with van der Waals surface area (Å²) in [6, 6.07) is 0. The Morgan fingerprint density at radius 3 is 2.53 bits per heavy atom. The van der Waals surface area contributed by atoms with Crippen LogP contribution in [0.25, 0.3) is 0 Å². The Balaban J connectivity index is 0.00000141. The third kappa shape index (κ3) is 4.31. The maximum Gasteiger partial charge on any atom is 0.135 e. The quantitative estimate of drug-likeness (QED) is 0.486. The third-order valence-electron chi connectivity index (χ3n) is 10.5. The van der Waals surface area contributed by atoms with Crippen LogP contribution in [0.4, 0.5) is 0 Å². The number of carbonyl (C=O) groups is 1. The molecule has 0 aromatic rings. The van der Waals surface area contributed by atoms with Crippen LogP contribution in [0.1, 0.15) is 104 Å². The Morgan fingerprint density at radius 1 is 1.09 bits per heavy atom. The molecule has 2 N–H and O–H groups in total. The number of ether oxygens (including phenoxy) is 1. The first-order valence-corrected chi connectivity index (χ1v) is 13.2. The van der Waals surface area contributed by atoms with Gasteiger partial charge in [0, 0.05) is 31.8 Å². The number of fused-ring (bicyclic) bond motifs is 5. The molecule has 4 heteroatoms. The van der Waals surface area contributed by atoms with Crippen molar-refractivity contribution in [3.63, 3.8) is 0 Å². The lowest BCUT2D eigenvalue weighted by Crippen LogP contribution is -2.62. The highest BCUT2D eigenvalue weighted by atomic mass is 16.5. The number of hydrogen-bond donors (Lipinski definition) is 2. The predicted octanol–water partition coefficient (Wildman–Crippen LogP) is 6.05. The summed E-state index contributed by atoms with van der Waals surface area (Å²) in [6.07, 6.45) is 16.2. The van der Waals surface area contributed by atoms with Crippen LogP contribution in [0.15, 0.2) is 11.8 Å². The van der Waals surface area contributed by atoms with Gasteiger partial charge in [-0.25, -0.2) is 0 Å². The van der Waals surface area contributed by atoms with Gasteiger partial charge in [0.2, 0.25) is 0 Å². The minimum atomic E-state index is -0.739. The second kappa shape index (κ2) is 10.2. The van der Waals surface area contributed by atoms with E-state index in [1.54, 1.807) is 7.11 Å². The van der Waals surface area contributed by atoms with Crippen molar-refractivity contribution >= 4 is 5.78 Å². The fourth-order valence-corrected chi connectivity index (χ4v) is 8.66.